The molecule has 2 N–H and O–H groups in total. The lowest BCUT2D eigenvalue weighted by Gasteiger charge is -2.33. The predicted octanol–water partition coefficient (Wildman–Crippen LogP) is -0.129. The Morgan fingerprint density at radius 2 is 1.83 bits per heavy atom. The molecule has 2 aliphatic heterocycles. The number of quaternary nitrogens is 1. The molecular formula is C20H29N4O4S+. The first kappa shape index (κ1) is 20.3. The van der Waals surface area contributed by atoms with E-state index in [0.29, 0.717) is 31.1 Å². The third-order valence-electron chi connectivity index (χ3n) is 6.45. The maximum atomic E-state index is 13.0. The lowest BCUT2D eigenvalue weighted by Crippen LogP contribution is -3.16. The summed E-state index contributed by atoms with van der Waals surface area (Å²) in [4.78, 5) is 27.8. The Morgan fingerprint density at radius 3 is 2.41 bits per heavy atom. The van der Waals surface area contributed by atoms with Gasteiger partial charge in [0.15, 0.2) is 6.67 Å². The first-order valence-electron chi connectivity index (χ1n) is 10.2. The van der Waals surface area contributed by atoms with Crippen LogP contribution in [0.5, 0.6) is 0 Å². The van der Waals surface area contributed by atoms with Crippen LogP contribution in [0.2, 0.25) is 0 Å². The van der Waals surface area contributed by atoms with E-state index in [2.05, 4.69) is 5.32 Å². The van der Waals surface area contributed by atoms with E-state index < -0.39 is 15.6 Å². The van der Waals surface area contributed by atoms with Crippen LogP contribution in [0, 0.1) is 19.8 Å². The number of hydrogen-bond donors (Lipinski definition) is 2. The average molecular weight is 422 g/mol. The highest BCUT2D eigenvalue weighted by molar-refractivity contribution is 7.89. The molecule has 0 unspecified atom stereocenters. The van der Waals surface area contributed by atoms with Crippen molar-refractivity contribution in [1.82, 2.24) is 14.5 Å². The third kappa shape index (κ3) is 3.55. The highest BCUT2D eigenvalue weighted by atomic mass is 32.2. The minimum atomic E-state index is -3.54. The number of aryl methyl sites for hydroxylation is 2. The van der Waals surface area contributed by atoms with E-state index in [9.17, 15) is 18.0 Å². The zero-order valence-electron chi connectivity index (χ0n) is 17.2. The Labute approximate surface area is 171 Å². The van der Waals surface area contributed by atoms with Crippen molar-refractivity contribution in [2.24, 2.45) is 5.92 Å². The zero-order chi connectivity index (χ0) is 21.0. The fourth-order valence-corrected chi connectivity index (χ4v) is 6.10. The maximum Gasteiger partial charge on any atom is 0.329 e. The van der Waals surface area contributed by atoms with Crippen LogP contribution >= 0.6 is 0 Å². The summed E-state index contributed by atoms with van der Waals surface area (Å²) in [6.07, 6.45) is 1.94. The molecule has 0 spiro atoms. The molecule has 8 nitrogen and oxygen atoms in total. The standard InChI is InChI=1S/C20H28N4O4S/c1-14-4-7-17(15(2)12-14)29(27,28)23-10-8-22(9-11-23)13-24-18(25)20(3,16-5-6-16)21-19(24)26/h4,7,12,16H,5-6,8-11,13H2,1-3H3,(H,21,26)/p+1/t20-/m0/s1. The van der Waals surface area contributed by atoms with Crippen LogP contribution in [-0.2, 0) is 14.8 Å². The number of nitrogens with zero attached hydrogens (tertiary/aromatic N) is 2. The number of urea groups is 1. The van der Waals surface area contributed by atoms with Gasteiger partial charge in [-0.1, -0.05) is 17.7 Å². The van der Waals surface area contributed by atoms with E-state index >= 15 is 0 Å². The molecule has 1 aliphatic carbocycles. The van der Waals surface area contributed by atoms with Gasteiger partial charge in [0.1, 0.15) is 5.54 Å². The zero-order valence-corrected chi connectivity index (χ0v) is 18.0. The van der Waals surface area contributed by atoms with Crippen LogP contribution in [0.25, 0.3) is 0 Å². The minimum absolute atomic E-state index is 0.150. The van der Waals surface area contributed by atoms with Gasteiger partial charge in [0.05, 0.1) is 31.1 Å². The predicted molar refractivity (Wildman–Crippen MR) is 107 cm³/mol. The monoisotopic (exact) mass is 421 g/mol. The normalized spacial score (nSPS) is 26.8. The van der Waals surface area contributed by atoms with Crippen LogP contribution in [0.1, 0.15) is 30.9 Å². The summed E-state index contributed by atoms with van der Waals surface area (Å²) >= 11 is 0. The second kappa shape index (κ2) is 7.07. The number of carbonyl (C=O) groups is 2. The number of benzene rings is 1. The van der Waals surface area contributed by atoms with Crippen LogP contribution < -0.4 is 10.2 Å². The van der Waals surface area contributed by atoms with Crippen molar-refractivity contribution in [1.29, 1.82) is 0 Å². The fraction of sp³-hybridized carbons (Fsp3) is 0.600. The Kier molecular flexibility index (Phi) is 4.95. The maximum absolute atomic E-state index is 13.0. The molecule has 2 heterocycles. The molecular weight excluding hydrogens is 392 g/mol. The second-order valence-corrected chi connectivity index (χ2v) is 10.6. The number of hydrogen-bond acceptors (Lipinski definition) is 4. The number of rotatable bonds is 5. The summed E-state index contributed by atoms with van der Waals surface area (Å²) < 4.78 is 27.6. The molecule has 0 bridgehead atoms. The Bertz CT molecular complexity index is 951. The van der Waals surface area contributed by atoms with Crippen molar-refractivity contribution < 1.29 is 22.9 Å². The molecule has 29 heavy (non-hydrogen) atoms. The lowest BCUT2D eigenvalue weighted by molar-refractivity contribution is -0.910. The minimum Gasteiger partial charge on any atom is -0.323 e. The van der Waals surface area contributed by atoms with Crippen molar-refractivity contribution >= 4 is 22.0 Å². The molecule has 3 fully saturated rings. The summed E-state index contributed by atoms with van der Waals surface area (Å²) in [6.45, 7) is 7.70. The molecule has 4 rings (SSSR count). The van der Waals surface area contributed by atoms with Crippen LogP contribution in [0.15, 0.2) is 23.1 Å². The molecule has 1 atom stereocenters. The molecule has 3 aliphatic rings. The van der Waals surface area contributed by atoms with Gasteiger partial charge in [0, 0.05) is 0 Å². The number of imide groups is 1. The lowest BCUT2D eigenvalue weighted by atomic mass is 9.96. The SMILES string of the molecule is Cc1ccc(S(=O)(=O)N2CC[NH+](CN3C(=O)N[C@@](C)(C4CC4)C3=O)CC2)c(C)c1. The van der Waals surface area contributed by atoms with E-state index in [0.717, 1.165) is 28.9 Å². The second-order valence-electron chi connectivity index (χ2n) is 8.72. The van der Waals surface area contributed by atoms with Gasteiger partial charge in [-0.15, -0.1) is 0 Å². The molecule has 2 saturated heterocycles. The van der Waals surface area contributed by atoms with Gasteiger partial charge in [-0.25, -0.2) is 18.1 Å². The van der Waals surface area contributed by atoms with E-state index in [1.165, 1.54) is 9.21 Å². The summed E-state index contributed by atoms with van der Waals surface area (Å²) in [5, 5.41) is 2.86. The van der Waals surface area contributed by atoms with Gasteiger partial charge in [-0.2, -0.15) is 4.31 Å². The van der Waals surface area contributed by atoms with Crippen LogP contribution in [0.3, 0.4) is 0 Å². The molecule has 0 aromatic heterocycles. The van der Waals surface area contributed by atoms with Crippen molar-refractivity contribution in [2.75, 3.05) is 32.8 Å². The van der Waals surface area contributed by atoms with Gasteiger partial charge in [0.2, 0.25) is 10.0 Å². The quantitative estimate of drug-likeness (QED) is 0.648. The summed E-state index contributed by atoms with van der Waals surface area (Å²) in [7, 11) is -3.54. The highest BCUT2D eigenvalue weighted by Gasteiger charge is 2.56. The van der Waals surface area contributed by atoms with Crippen LogP contribution in [0.4, 0.5) is 4.79 Å². The first-order chi connectivity index (χ1) is 13.6. The average Bonchev–Trinajstić information content (AvgIpc) is 3.48. The summed E-state index contributed by atoms with van der Waals surface area (Å²) in [5.74, 6) is 0.0847. The van der Waals surface area contributed by atoms with E-state index in [1.807, 2.05) is 32.9 Å². The van der Waals surface area contributed by atoms with Crippen molar-refractivity contribution in [3.8, 4) is 0 Å². The van der Waals surface area contributed by atoms with Gasteiger partial charge < -0.3 is 10.2 Å². The highest BCUT2D eigenvalue weighted by Crippen LogP contribution is 2.42. The molecule has 158 valence electrons. The van der Waals surface area contributed by atoms with E-state index in [-0.39, 0.29) is 24.5 Å². The number of piperazine rings is 1. The largest absolute Gasteiger partial charge is 0.329 e. The van der Waals surface area contributed by atoms with Crippen molar-refractivity contribution in [2.45, 2.75) is 44.0 Å². The smallest absolute Gasteiger partial charge is 0.323 e. The first-order valence-corrected chi connectivity index (χ1v) is 11.6. The summed E-state index contributed by atoms with van der Waals surface area (Å²) in [6, 6.07) is 5.03. The third-order valence-corrected chi connectivity index (χ3v) is 8.51. The topological polar surface area (TPSA) is 91.2 Å². The molecule has 0 radical (unpaired) electrons. The Hall–Kier alpha value is -1.97. The van der Waals surface area contributed by atoms with Crippen molar-refractivity contribution in [3.05, 3.63) is 29.3 Å². The Balaban J connectivity index is 1.39. The van der Waals surface area contributed by atoms with E-state index in [1.54, 1.807) is 6.07 Å². The van der Waals surface area contributed by atoms with Gasteiger partial charge >= 0.3 is 6.03 Å². The Morgan fingerprint density at radius 1 is 1.17 bits per heavy atom. The molecule has 9 heteroatoms. The van der Waals surface area contributed by atoms with Crippen molar-refractivity contribution in [3.63, 3.8) is 0 Å². The molecule has 1 aromatic rings. The number of carbonyl (C=O) groups excluding carboxylic acids is 2. The number of nitrogens with one attached hydrogen (secondary N) is 2. The number of sulfonamides is 1. The fourth-order valence-electron chi connectivity index (χ4n) is 4.45. The van der Waals surface area contributed by atoms with E-state index in [4.69, 9.17) is 0 Å². The van der Waals surface area contributed by atoms with Gasteiger partial charge in [0.25, 0.3) is 5.91 Å². The summed E-state index contributed by atoms with van der Waals surface area (Å²) in [5.41, 5.74) is 1.01. The number of amides is 3. The molecule has 1 aromatic carbocycles. The molecule has 1 saturated carbocycles. The van der Waals surface area contributed by atoms with Crippen LogP contribution in [-0.4, -0.2) is 67.9 Å². The van der Waals surface area contributed by atoms with Gasteiger partial charge in [-0.05, 0) is 51.2 Å². The molecule has 3 amide bonds. The van der Waals surface area contributed by atoms with Gasteiger partial charge in [-0.3, -0.25) is 4.79 Å².